The van der Waals surface area contributed by atoms with Crippen LogP contribution < -0.4 is 10.6 Å². The van der Waals surface area contributed by atoms with Crippen molar-refractivity contribution in [3.63, 3.8) is 0 Å². The number of benzene rings is 1. The zero-order valence-electron chi connectivity index (χ0n) is 10.6. The number of hydrogen-bond acceptors (Lipinski definition) is 4. The lowest BCUT2D eigenvalue weighted by Gasteiger charge is -2.20. The van der Waals surface area contributed by atoms with Gasteiger partial charge in [-0.3, -0.25) is 0 Å². The van der Waals surface area contributed by atoms with Gasteiger partial charge < -0.3 is 10.6 Å². The van der Waals surface area contributed by atoms with E-state index in [1.54, 1.807) is 12.1 Å². The molecular weight excluding hydrogens is 238 g/mol. The van der Waals surface area contributed by atoms with E-state index in [9.17, 15) is 8.42 Å². The first-order valence-electron chi connectivity index (χ1n) is 5.34. The maximum Gasteiger partial charge on any atom is 0.242 e. The maximum absolute atomic E-state index is 11.9. The van der Waals surface area contributed by atoms with E-state index < -0.39 is 10.0 Å². The third kappa shape index (κ3) is 2.70. The lowest BCUT2D eigenvalue weighted by Crippen LogP contribution is -2.23. The first-order chi connectivity index (χ1) is 7.80. The van der Waals surface area contributed by atoms with Crippen molar-refractivity contribution in [3.05, 3.63) is 18.2 Å². The van der Waals surface area contributed by atoms with Crippen molar-refractivity contribution in [1.29, 1.82) is 0 Å². The Balaban J connectivity index is 3.23. The summed E-state index contributed by atoms with van der Waals surface area (Å²) < 4.78 is 25.0. The predicted molar refractivity (Wildman–Crippen MR) is 70.7 cm³/mol. The van der Waals surface area contributed by atoms with Gasteiger partial charge in [-0.1, -0.05) is 0 Å². The summed E-state index contributed by atoms with van der Waals surface area (Å²) in [4.78, 5) is 2.18. The minimum absolute atomic E-state index is 0.216. The molecule has 6 heteroatoms. The van der Waals surface area contributed by atoms with E-state index in [1.165, 1.54) is 24.5 Å². The first-order valence-corrected chi connectivity index (χ1v) is 6.78. The molecule has 0 heterocycles. The molecule has 0 aliphatic carbocycles. The highest BCUT2D eigenvalue weighted by atomic mass is 32.2. The molecule has 0 fully saturated rings. The summed E-state index contributed by atoms with van der Waals surface area (Å²) in [6.07, 6.45) is 0. The van der Waals surface area contributed by atoms with E-state index in [0.29, 0.717) is 5.69 Å². The molecule has 5 nitrogen and oxygen atoms in total. The number of hydrogen-bond donors (Lipinski definition) is 1. The summed E-state index contributed by atoms with van der Waals surface area (Å²) in [5, 5.41) is 0. The highest BCUT2D eigenvalue weighted by Gasteiger charge is 2.18. The van der Waals surface area contributed by atoms with Crippen LogP contribution in [0.15, 0.2) is 23.1 Å². The van der Waals surface area contributed by atoms with Gasteiger partial charge in [0.1, 0.15) is 0 Å². The molecule has 17 heavy (non-hydrogen) atoms. The summed E-state index contributed by atoms with van der Waals surface area (Å²) in [7, 11) is 1.49. The Morgan fingerprint density at radius 3 is 2.24 bits per heavy atom. The zero-order chi connectivity index (χ0) is 13.2. The van der Waals surface area contributed by atoms with Crippen molar-refractivity contribution >= 4 is 21.4 Å². The Hall–Kier alpha value is -1.27. The van der Waals surface area contributed by atoms with Crippen LogP contribution in [0, 0.1) is 0 Å². The third-order valence-electron chi connectivity index (χ3n) is 2.66. The molecule has 0 saturated carbocycles. The van der Waals surface area contributed by atoms with Crippen LogP contribution >= 0.6 is 0 Å². The number of anilines is 2. The fraction of sp³-hybridized carbons (Fsp3) is 0.455. The van der Waals surface area contributed by atoms with E-state index in [4.69, 9.17) is 5.73 Å². The molecule has 0 saturated heterocycles. The Morgan fingerprint density at radius 1 is 1.24 bits per heavy atom. The van der Waals surface area contributed by atoms with Gasteiger partial charge in [-0.05, 0) is 25.1 Å². The predicted octanol–water partition coefficient (Wildman–Crippen LogP) is 0.975. The second-order valence-corrected chi connectivity index (χ2v) is 6.17. The van der Waals surface area contributed by atoms with Crippen molar-refractivity contribution in [2.75, 3.05) is 38.3 Å². The largest absolute Gasteiger partial charge is 0.397 e. The minimum atomic E-state index is -3.41. The van der Waals surface area contributed by atoms with Gasteiger partial charge in [-0.25, -0.2) is 12.7 Å². The average Bonchev–Trinajstić information content (AvgIpc) is 2.27. The summed E-state index contributed by atoms with van der Waals surface area (Å²) in [5.74, 6) is 0. The average molecular weight is 257 g/mol. The van der Waals surface area contributed by atoms with Crippen LogP contribution in [0.25, 0.3) is 0 Å². The number of rotatable bonds is 4. The Morgan fingerprint density at radius 2 is 1.82 bits per heavy atom. The Kier molecular flexibility index (Phi) is 4.00. The minimum Gasteiger partial charge on any atom is -0.397 e. The van der Waals surface area contributed by atoms with Crippen LogP contribution in [0.5, 0.6) is 0 Å². The molecule has 0 aromatic heterocycles. The molecular formula is C11H19N3O2S. The van der Waals surface area contributed by atoms with Gasteiger partial charge in [0.25, 0.3) is 0 Å². The van der Waals surface area contributed by atoms with E-state index in [-0.39, 0.29) is 4.90 Å². The zero-order valence-corrected chi connectivity index (χ0v) is 11.5. The summed E-state index contributed by atoms with van der Waals surface area (Å²) in [5.41, 5.74) is 7.18. The lowest BCUT2D eigenvalue weighted by atomic mass is 10.2. The molecule has 1 aromatic rings. The monoisotopic (exact) mass is 257 g/mol. The van der Waals surface area contributed by atoms with Gasteiger partial charge in [0.15, 0.2) is 0 Å². The molecule has 0 aliphatic heterocycles. The molecule has 1 rings (SSSR count). The highest BCUT2D eigenvalue weighted by molar-refractivity contribution is 7.89. The maximum atomic E-state index is 11.9. The fourth-order valence-electron chi connectivity index (χ4n) is 1.42. The van der Waals surface area contributed by atoms with Crippen molar-refractivity contribution in [1.82, 2.24) is 4.31 Å². The fourth-order valence-corrected chi connectivity index (χ4v) is 2.36. The van der Waals surface area contributed by atoms with E-state index >= 15 is 0 Å². The first kappa shape index (κ1) is 13.8. The topological polar surface area (TPSA) is 66.6 Å². The number of sulfonamides is 1. The van der Waals surface area contributed by atoms with Crippen molar-refractivity contribution in [2.24, 2.45) is 0 Å². The molecule has 1 aromatic carbocycles. The molecule has 0 aliphatic rings. The lowest BCUT2D eigenvalue weighted by molar-refractivity contribution is 0.521. The number of nitrogens with zero attached hydrogens (tertiary/aromatic N) is 2. The molecule has 0 amide bonds. The van der Waals surface area contributed by atoms with Crippen LogP contribution in [-0.4, -0.2) is 40.4 Å². The van der Waals surface area contributed by atoms with Crippen LogP contribution in [0.3, 0.4) is 0 Å². The Bertz CT molecular complexity index is 497. The van der Waals surface area contributed by atoms with Gasteiger partial charge in [-0.2, -0.15) is 0 Å². The van der Waals surface area contributed by atoms with Crippen molar-refractivity contribution in [3.8, 4) is 0 Å². The van der Waals surface area contributed by atoms with E-state index in [2.05, 4.69) is 0 Å². The third-order valence-corrected chi connectivity index (χ3v) is 4.47. The summed E-state index contributed by atoms with van der Waals surface area (Å²) >= 11 is 0. The Labute approximate surface area is 103 Å². The van der Waals surface area contributed by atoms with Crippen molar-refractivity contribution in [2.45, 2.75) is 11.8 Å². The number of nitrogens with two attached hydrogens (primary N) is 1. The quantitative estimate of drug-likeness (QED) is 0.816. The van der Waals surface area contributed by atoms with Gasteiger partial charge >= 0.3 is 0 Å². The summed E-state index contributed by atoms with van der Waals surface area (Å²) in [6.45, 7) is 2.81. The van der Waals surface area contributed by atoms with Crippen LogP contribution in [0.2, 0.25) is 0 Å². The molecule has 0 unspecified atom stereocenters. The van der Waals surface area contributed by atoms with E-state index in [1.807, 2.05) is 18.9 Å². The second kappa shape index (κ2) is 4.93. The van der Waals surface area contributed by atoms with Crippen LogP contribution in [0.1, 0.15) is 6.92 Å². The number of nitrogen functional groups attached to an aromatic ring is 1. The highest BCUT2D eigenvalue weighted by Crippen LogP contribution is 2.26. The molecule has 0 spiro atoms. The summed E-state index contributed by atoms with van der Waals surface area (Å²) in [6, 6.07) is 4.80. The molecule has 0 radical (unpaired) electrons. The van der Waals surface area contributed by atoms with Gasteiger partial charge in [0.05, 0.1) is 16.3 Å². The standard InChI is InChI=1S/C11H19N3O2S/c1-5-14(4)11-7-6-9(8-10(11)12)17(15,16)13(2)3/h6-8H,5,12H2,1-4H3. The van der Waals surface area contributed by atoms with Crippen LogP contribution in [-0.2, 0) is 10.0 Å². The smallest absolute Gasteiger partial charge is 0.242 e. The van der Waals surface area contributed by atoms with Gasteiger partial charge in [0.2, 0.25) is 10.0 Å². The molecule has 0 atom stereocenters. The van der Waals surface area contributed by atoms with Crippen LogP contribution in [0.4, 0.5) is 11.4 Å². The normalized spacial score (nSPS) is 11.8. The second-order valence-electron chi connectivity index (χ2n) is 4.02. The molecule has 2 N–H and O–H groups in total. The van der Waals surface area contributed by atoms with Crippen molar-refractivity contribution < 1.29 is 8.42 Å². The molecule has 96 valence electrons. The van der Waals surface area contributed by atoms with Gasteiger partial charge in [-0.15, -0.1) is 0 Å². The SMILES string of the molecule is CCN(C)c1ccc(S(=O)(=O)N(C)C)cc1N. The van der Waals surface area contributed by atoms with Gasteiger partial charge in [0, 0.05) is 27.7 Å². The molecule has 0 bridgehead atoms. The van der Waals surface area contributed by atoms with E-state index in [0.717, 1.165) is 12.2 Å².